The number of carbonyl (C=O) groups excluding carboxylic acids is 1. The third kappa shape index (κ3) is 6.06. The van der Waals surface area contributed by atoms with Gasteiger partial charge in [-0.1, -0.05) is 43.2 Å². The van der Waals surface area contributed by atoms with E-state index in [9.17, 15) is 13.2 Å². The van der Waals surface area contributed by atoms with Crippen LogP contribution >= 0.6 is 0 Å². The Morgan fingerprint density at radius 2 is 1.63 bits per heavy atom. The second-order valence-corrected chi connectivity index (χ2v) is 9.22. The topological polar surface area (TPSA) is 75.7 Å². The molecule has 0 radical (unpaired) electrons. The lowest BCUT2D eigenvalue weighted by Gasteiger charge is -2.27. The Kier molecular flexibility index (Phi) is 7.87. The van der Waals surface area contributed by atoms with Crippen molar-refractivity contribution in [1.29, 1.82) is 0 Å². The van der Waals surface area contributed by atoms with Crippen molar-refractivity contribution >= 4 is 15.9 Å². The molecule has 0 aliphatic carbocycles. The van der Waals surface area contributed by atoms with E-state index in [-0.39, 0.29) is 10.8 Å². The van der Waals surface area contributed by atoms with Gasteiger partial charge in [0, 0.05) is 13.1 Å². The molecule has 0 unspecified atom stereocenters. The molecular formula is C23H30N2O4S. The summed E-state index contributed by atoms with van der Waals surface area (Å²) in [7, 11) is -3.86. The first-order chi connectivity index (χ1) is 14.5. The number of amides is 1. The number of hydrogen-bond acceptors (Lipinski definition) is 4. The normalized spacial score (nSPS) is 16.0. The van der Waals surface area contributed by atoms with E-state index in [2.05, 4.69) is 4.72 Å². The van der Waals surface area contributed by atoms with Crippen molar-refractivity contribution in [3.63, 3.8) is 0 Å². The van der Waals surface area contributed by atoms with Crippen LogP contribution in [0.4, 0.5) is 0 Å². The quantitative estimate of drug-likeness (QED) is 0.697. The molecule has 6 nitrogen and oxygen atoms in total. The first-order valence-electron chi connectivity index (χ1n) is 10.6. The molecular weight excluding hydrogens is 400 g/mol. The van der Waals surface area contributed by atoms with Gasteiger partial charge in [-0.05, 0) is 56.0 Å². The lowest BCUT2D eigenvalue weighted by Crippen LogP contribution is -2.49. The maximum absolute atomic E-state index is 13.3. The van der Waals surface area contributed by atoms with E-state index in [4.69, 9.17) is 4.74 Å². The number of benzene rings is 2. The zero-order valence-corrected chi connectivity index (χ0v) is 18.2. The van der Waals surface area contributed by atoms with Gasteiger partial charge in [-0.2, -0.15) is 4.72 Å². The molecule has 1 heterocycles. The number of ether oxygens (including phenoxy) is 1. The van der Waals surface area contributed by atoms with Crippen molar-refractivity contribution in [3.8, 4) is 5.75 Å². The summed E-state index contributed by atoms with van der Waals surface area (Å²) < 4.78 is 34.1. The predicted molar refractivity (Wildman–Crippen MR) is 117 cm³/mol. The van der Waals surface area contributed by atoms with Crippen LogP contribution in [0.1, 0.15) is 38.2 Å². The van der Waals surface area contributed by atoms with E-state index >= 15 is 0 Å². The third-order valence-corrected chi connectivity index (χ3v) is 6.73. The van der Waals surface area contributed by atoms with E-state index in [0.717, 1.165) is 31.2 Å². The van der Waals surface area contributed by atoms with Gasteiger partial charge in [-0.3, -0.25) is 4.79 Å². The van der Waals surface area contributed by atoms with E-state index in [1.54, 1.807) is 17.0 Å². The highest BCUT2D eigenvalue weighted by atomic mass is 32.2. The van der Waals surface area contributed by atoms with Crippen LogP contribution in [0, 0.1) is 0 Å². The van der Waals surface area contributed by atoms with Gasteiger partial charge in [0.25, 0.3) is 0 Å². The van der Waals surface area contributed by atoms with Crippen LogP contribution in [0.5, 0.6) is 5.75 Å². The fourth-order valence-corrected chi connectivity index (χ4v) is 4.87. The van der Waals surface area contributed by atoms with Crippen LogP contribution in [-0.4, -0.2) is 45.0 Å². The summed E-state index contributed by atoms with van der Waals surface area (Å²) in [5, 5.41) is 0. The van der Waals surface area contributed by atoms with Gasteiger partial charge in [0.2, 0.25) is 15.9 Å². The molecule has 30 heavy (non-hydrogen) atoms. The number of nitrogens with one attached hydrogen (secondary N) is 1. The summed E-state index contributed by atoms with van der Waals surface area (Å²) in [6.07, 6.45) is 4.42. The molecule has 0 bridgehead atoms. The number of likely N-dealkylation sites (tertiary alicyclic amines) is 1. The van der Waals surface area contributed by atoms with Gasteiger partial charge < -0.3 is 9.64 Å². The van der Waals surface area contributed by atoms with Gasteiger partial charge in [0.15, 0.2) is 0 Å². The minimum atomic E-state index is -3.86. The fourth-order valence-electron chi connectivity index (χ4n) is 3.68. The monoisotopic (exact) mass is 430 g/mol. The Morgan fingerprint density at radius 3 is 2.23 bits per heavy atom. The molecule has 0 spiro atoms. The maximum Gasteiger partial charge on any atom is 0.241 e. The lowest BCUT2D eigenvalue weighted by molar-refractivity contribution is -0.132. The fraction of sp³-hybridized carbons (Fsp3) is 0.435. The molecule has 1 N–H and O–H groups in total. The van der Waals surface area contributed by atoms with E-state index < -0.39 is 16.1 Å². The SMILES string of the molecule is CCOc1ccc(S(=O)(=O)N[C@@H](Cc2ccccc2)C(=O)N2CCCCCC2)cc1. The zero-order valence-electron chi connectivity index (χ0n) is 17.4. The summed E-state index contributed by atoms with van der Waals surface area (Å²) in [6.45, 7) is 3.73. The van der Waals surface area contributed by atoms with Crippen LogP contribution < -0.4 is 9.46 Å². The highest BCUT2D eigenvalue weighted by Crippen LogP contribution is 2.18. The summed E-state index contributed by atoms with van der Waals surface area (Å²) in [5.41, 5.74) is 0.917. The van der Waals surface area contributed by atoms with E-state index in [1.807, 2.05) is 37.3 Å². The molecule has 1 amide bonds. The van der Waals surface area contributed by atoms with Crippen molar-refractivity contribution in [2.45, 2.75) is 50.0 Å². The molecule has 3 rings (SSSR count). The van der Waals surface area contributed by atoms with Crippen LogP contribution in [-0.2, 0) is 21.2 Å². The second-order valence-electron chi connectivity index (χ2n) is 7.51. The smallest absolute Gasteiger partial charge is 0.241 e. The summed E-state index contributed by atoms with van der Waals surface area (Å²) in [6, 6.07) is 14.9. The lowest BCUT2D eigenvalue weighted by atomic mass is 10.1. The second kappa shape index (κ2) is 10.6. The van der Waals surface area contributed by atoms with Crippen LogP contribution in [0.2, 0.25) is 0 Å². The number of hydrogen-bond donors (Lipinski definition) is 1. The van der Waals surface area contributed by atoms with Gasteiger partial charge in [0.05, 0.1) is 11.5 Å². The standard InChI is InChI=1S/C23H30N2O4S/c1-2-29-20-12-14-21(15-13-20)30(27,28)24-22(18-19-10-6-5-7-11-19)23(26)25-16-8-3-4-9-17-25/h5-7,10-15,22,24H,2-4,8-9,16-18H2,1H3/t22-/m0/s1. The number of rotatable bonds is 8. The van der Waals surface area contributed by atoms with E-state index in [0.29, 0.717) is 31.9 Å². The van der Waals surface area contributed by atoms with Crippen molar-refractivity contribution in [3.05, 3.63) is 60.2 Å². The Hall–Kier alpha value is -2.38. The molecule has 2 aromatic carbocycles. The first-order valence-corrected chi connectivity index (χ1v) is 12.1. The van der Waals surface area contributed by atoms with Crippen LogP contribution in [0.25, 0.3) is 0 Å². The molecule has 7 heteroatoms. The first kappa shape index (κ1) is 22.3. The van der Waals surface area contributed by atoms with Gasteiger partial charge in [-0.25, -0.2) is 8.42 Å². The zero-order chi connectivity index (χ0) is 21.4. The molecule has 1 aliphatic rings. The van der Waals surface area contributed by atoms with Crippen molar-refractivity contribution < 1.29 is 17.9 Å². The molecule has 1 atom stereocenters. The predicted octanol–water partition coefficient (Wildman–Crippen LogP) is 3.38. The molecule has 1 saturated heterocycles. The largest absolute Gasteiger partial charge is 0.494 e. The Labute approximate surface area is 179 Å². The number of sulfonamides is 1. The van der Waals surface area contributed by atoms with Gasteiger partial charge in [-0.15, -0.1) is 0 Å². The molecule has 1 fully saturated rings. The highest BCUT2D eigenvalue weighted by molar-refractivity contribution is 7.89. The van der Waals surface area contributed by atoms with Crippen molar-refractivity contribution in [2.75, 3.05) is 19.7 Å². The minimum Gasteiger partial charge on any atom is -0.494 e. The maximum atomic E-state index is 13.3. The average molecular weight is 431 g/mol. The Bertz CT molecular complexity index is 906. The molecule has 2 aromatic rings. The third-order valence-electron chi connectivity index (χ3n) is 5.24. The molecule has 162 valence electrons. The van der Waals surface area contributed by atoms with Crippen LogP contribution in [0.3, 0.4) is 0 Å². The van der Waals surface area contributed by atoms with Crippen LogP contribution in [0.15, 0.2) is 59.5 Å². The molecule has 0 saturated carbocycles. The summed E-state index contributed by atoms with van der Waals surface area (Å²) >= 11 is 0. The van der Waals surface area contributed by atoms with Gasteiger partial charge >= 0.3 is 0 Å². The highest BCUT2D eigenvalue weighted by Gasteiger charge is 2.30. The van der Waals surface area contributed by atoms with Gasteiger partial charge in [0.1, 0.15) is 11.8 Å². The molecule has 1 aliphatic heterocycles. The Balaban J connectivity index is 1.82. The minimum absolute atomic E-state index is 0.118. The number of carbonyl (C=O) groups is 1. The Morgan fingerprint density at radius 1 is 1.00 bits per heavy atom. The number of nitrogens with zero attached hydrogens (tertiary/aromatic N) is 1. The summed E-state index contributed by atoms with van der Waals surface area (Å²) in [4.78, 5) is 15.2. The molecule has 0 aromatic heterocycles. The average Bonchev–Trinajstić information content (AvgIpc) is 3.04. The van der Waals surface area contributed by atoms with Crippen molar-refractivity contribution in [2.24, 2.45) is 0 Å². The summed E-state index contributed by atoms with van der Waals surface area (Å²) in [5.74, 6) is 0.452. The van der Waals surface area contributed by atoms with E-state index in [1.165, 1.54) is 12.1 Å². The van der Waals surface area contributed by atoms with Crippen molar-refractivity contribution in [1.82, 2.24) is 9.62 Å².